The normalized spacial score (nSPS) is 21.6. The van der Waals surface area contributed by atoms with Gasteiger partial charge in [-0.05, 0) is 19.0 Å². The van der Waals surface area contributed by atoms with Crippen molar-refractivity contribution >= 4 is 8.07 Å². The standard InChI is InChI=1S/C12H27NSi/c1-14(2,3)11-13-12-9-7-5-4-6-8-10-12/h12-13H,4-11H2,1-3H3. The third kappa shape index (κ3) is 5.81. The molecule has 14 heavy (non-hydrogen) atoms. The van der Waals surface area contributed by atoms with E-state index in [4.69, 9.17) is 0 Å². The Bertz CT molecular complexity index is 143. The van der Waals surface area contributed by atoms with Crippen LogP contribution in [0.1, 0.15) is 44.9 Å². The molecule has 0 atom stereocenters. The largest absolute Gasteiger partial charge is 0.317 e. The number of rotatable bonds is 3. The summed E-state index contributed by atoms with van der Waals surface area (Å²) in [6.45, 7) is 7.34. The van der Waals surface area contributed by atoms with Crippen LogP contribution in [0.15, 0.2) is 0 Å². The summed E-state index contributed by atoms with van der Waals surface area (Å²) < 4.78 is 0. The van der Waals surface area contributed by atoms with Crippen molar-refractivity contribution in [2.75, 3.05) is 6.17 Å². The van der Waals surface area contributed by atoms with Gasteiger partial charge in [-0.2, -0.15) is 0 Å². The van der Waals surface area contributed by atoms with Crippen molar-refractivity contribution in [1.82, 2.24) is 5.32 Å². The fourth-order valence-corrected chi connectivity index (χ4v) is 3.01. The molecule has 0 spiro atoms. The lowest BCUT2D eigenvalue weighted by molar-refractivity contribution is 0.404. The summed E-state index contributed by atoms with van der Waals surface area (Å²) in [6, 6.07) is 0.835. The minimum absolute atomic E-state index is 0.835. The fraction of sp³-hybridized carbons (Fsp3) is 1.00. The molecule has 1 saturated carbocycles. The van der Waals surface area contributed by atoms with Crippen LogP contribution in [0.5, 0.6) is 0 Å². The van der Waals surface area contributed by atoms with Gasteiger partial charge in [0.1, 0.15) is 0 Å². The van der Waals surface area contributed by atoms with Crippen LogP contribution in [0.2, 0.25) is 19.6 Å². The van der Waals surface area contributed by atoms with Crippen molar-refractivity contribution in [1.29, 1.82) is 0 Å². The molecule has 0 aliphatic heterocycles. The second-order valence-electron chi connectivity index (χ2n) is 5.98. The summed E-state index contributed by atoms with van der Waals surface area (Å²) in [5.41, 5.74) is 0. The Morgan fingerprint density at radius 3 is 1.93 bits per heavy atom. The monoisotopic (exact) mass is 213 g/mol. The van der Waals surface area contributed by atoms with Crippen LogP contribution in [-0.2, 0) is 0 Å². The van der Waals surface area contributed by atoms with E-state index < -0.39 is 8.07 Å². The summed E-state index contributed by atoms with van der Waals surface area (Å²) in [5.74, 6) is 0. The van der Waals surface area contributed by atoms with E-state index >= 15 is 0 Å². The second-order valence-corrected chi connectivity index (χ2v) is 11.5. The molecular weight excluding hydrogens is 186 g/mol. The second kappa shape index (κ2) is 5.91. The van der Waals surface area contributed by atoms with E-state index in [0.717, 1.165) is 6.04 Å². The molecule has 0 heterocycles. The van der Waals surface area contributed by atoms with Crippen molar-refractivity contribution in [2.45, 2.75) is 70.6 Å². The van der Waals surface area contributed by atoms with E-state index in [0.29, 0.717) is 0 Å². The number of hydrogen-bond acceptors (Lipinski definition) is 1. The molecular formula is C12H27NSi. The first kappa shape index (κ1) is 12.2. The molecule has 1 aliphatic rings. The third-order valence-corrected chi connectivity index (χ3v) is 4.29. The Morgan fingerprint density at radius 1 is 0.929 bits per heavy atom. The maximum absolute atomic E-state index is 3.79. The first-order valence-corrected chi connectivity index (χ1v) is 10.0. The van der Waals surface area contributed by atoms with Crippen molar-refractivity contribution < 1.29 is 0 Å². The first-order valence-electron chi connectivity index (χ1n) is 6.31. The molecule has 0 aromatic carbocycles. The maximum atomic E-state index is 3.79. The third-order valence-electron chi connectivity index (χ3n) is 3.03. The Kier molecular flexibility index (Phi) is 5.17. The first-order chi connectivity index (χ1) is 6.58. The van der Waals surface area contributed by atoms with Gasteiger partial charge in [-0.1, -0.05) is 51.7 Å². The molecule has 0 bridgehead atoms. The van der Waals surface area contributed by atoms with Crippen LogP contribution in [-0.4, -0.2) is 20.3 Å². The quantitative estimate of drug-likeness (QED) is 0.707. The van der Waals surface area contributed by atoms with Crippen LogP contribution < -0.4 is 5.32 Å². The van der Waals surface area contributed by atoms with Crippen LogP contribution in [0, 0.1) is 0 Å². The van der Waals surface area contributed by atoms with Crippen LogP contribution in [0.25, 0.3) is 0 Å². The average molecular weight is 213 g/mol. The lowest BCUT2D eigenvalue weighted by atomic mass is 9.97. The van der Waals surface area contributed by atoms with E-state index in [1.54, 1.807) is 0 Å². The van der Waals surface area contributed by atoms with Gasteiger partial charge in [0, 0.05) is 6.04 Å². The molecule has 1 fully saturated rings. The summed E-state index contributed by atoms with van der Waals surface area (Å²) in [5, 5.41) is 3.79. The van der Waals surface area contributed by atoms with Gasteiger partial charge >= 0.3 is 0 Å². The number of hydrogen-bond donors (Lipinski definition) is 1. The van der Waals surface area contributed by atoms with Crippen LogP contribution in [0.4, 0.5) is 0 Å². The Labute approximate surface area is 90.7 Å². The molecule has 0 unspecified atom stereocenters. The van der Waals surface area contributed by atoms with Gasteiger partial charge < -0.3 is 5.32 Å². The number of nitrogens with one attached hydrogen (secondary N) is 1. The van der Waals surface area contributed by atoms with Crippen molar-refractivity contribution in [3.63, 3.8) is 0 Å². The van der Waals surface area contributed by atoms with Gasteiger partial charge in [-0.15, -0.1) is 0 Å². The molecule has 0 amide bonds. The molecule has 2 heteroatoms. The van der Waals surface area contributed by atoms with E-state index in [2.05, 4.69) is 25.0 Å². The molecule has 1 nitrogen and oxygen atoms in total. The zero-order valence-corrected chi connectivity index (χ0v) is 11.2. The highest BCUT2D eigenvalue weighted by Crippen LogP contribution is 2.17. The molecule has 84 valence electrons. The minimum Gasteiger partial charge on any atom is -0.317 e. The van der Waals surface area contributed by atoms with Gasteiger partial charge in [-0.3, -0.25) is 0 Å². The Hall–Kier alpha value is 0.177. The lowest BCUT2D eigenvalue weighted by Crippen LogP contribution is -2.42. The molecule has 0 aromatic rings. The van der Waals surface area contributed by atoms with E-state index in [1.165, 1.54) is 51.1 Å². The van der Waals surface area contributed by atoms with Gasteiger partial charge in [0.25, 0.3) is 0 Å². The average Bonchev–Trinajstić information content (AvgIpc) is 2.00. The summed E-state index contributed by atoms with van der Waals surface area (Å²) >= 11 is 0. The van der Waals surface area contributed by atoms with Crippen molar-refractivity contribution in [3.8, 4) is 0 Å². The molecule has 1 rings (SSSR count). The van der Waals surface area contributed by atoms with Crippen LogP contribution >= 0.6 is 0 Å². The van der Waals surface area contributed by atoms with Gasteiger partial charge in [0.15, 0.2) is 0 Å². The Balaban J connectivity index is 2.20. The van der Waals surface area contributed by atoms with Gasteiger partial charge in [0.2, 0.25) is 0 Å². The molecule has 0 radical (unpaired) electrons. The van der Waals surface area contributed by atoms with Crippen molar-refractivity contribution in [3.05, 3.63) is 0 Å². The predicted octanol–water partition coefficient (Wildman–Crippen LogP) is 3.57. The zero-order chi connectivity index (χ0) is 10.4. The fourth-order valence-electron chi connectivity index (χ4n) is 2.11. The maximum Gasteiger partial charge on any atom is 0.0596 e. The SMILES string of the molecule is C[Si](C)(C)CNC1CCCCCCC1. The smallest absolute Gasteiger partial charge is 0.0596 e. The zero-order valence-electron chi connectivity index (χ0n) is 10.2. The highest BCUT2D eigenvalue weighted by molar-refractivity contribution is 6.76. The Morgan fingerprint density at radius 2 is 1.43 bits per heavy atom. The van der Waals surface area contributed by atoms with Gasteiger partial charge in [-0.25, -0.2) is 0 Å². The van der Waals surface area contributed by atoms with E-state index in [-0.39, 0.29) is 0 Å². The predicted molar refractivity (Wildman–Crippen MR) is 67.5 cm³/mol. The van der Waals surface area contributed by atoms with Crippen molar-refractivity contribution in [2.24, 2.45) is 0 Å². The van der Waals surface area contributed by atoms with E-state index in [1.807, 2.05) is 0 Å². The molecule has 0 aromatic heterocycles. The molecule has 1 aliphatic carbocycles. The summed E-state index contributed by atoms with van der Waals surface area (Å²) in [6.07, 6.45) is 11.4. The highest BCUT2D eigenvalue weighted by atomic mass is 28.3. The minimum atomic E-state index is -0.881. The summed E-state index contributed by atoms with van der Waals surface area (Å²) in [4.78, 5) is 0. The van der Waals surface area contributed by atoms with Gasteiger partial charge in [0.05, 0.1) is 8.07 Å². The van der Waals surface area contributed by atoms with Crippen LogP contribution in [0.3, 0.4) is 0 Å². The van der Waals surface area contributed by atoms with E-state index in [9.17, 15) is 0 Å². The lowest BCUT2D eigenvalue weighted by Gasteiger charge is -2.25. The molecule has 1 N–H and O–H groups in total. The topological polar surface area (TPSA) is 12.0 Å². The molecule has 0 saturated heterocycles. The summed E-state index contributed by atoms with van der Waals surface area (Å²) in [7, 11) is -0.881. The highest BCUT2D eigenvalue weighted by Gasteiger charge is 2.16.